The van der Waals surface area contributed by atoms with Gasteiger partial charge in [0.25, 0.3) is 0 Å². The van der Waals surface area contributed by atoms with Crippen molar-refractivity contribution in [1.29, 1.82) is 0 Å². The van der Waals surface area contributed by atoms with Gasteiger partial charge >= 0.3 is 0 Å². The highest BCUT2D eigenvalue weighted by molar-refractivity contribution is 9.11. The van der Waals surface area contributed by atoms with Gasteiger partial charge in [-0.1, -0.05) is 43.3 Å². The molecule has 0 aromatic heterocycles. The van der Waals surface area contributed by atoms with Crippen LogP contribution in [0, 0.1) is 5.41 Å². The Morgan fingerprint density at radius 1 is 1.53 bits per heavy atom. The van der Waals surface area contributed by atoms with Gasteiger partial charge in [-0.15, -0.1) is 0 Å². The van der Waals surface area contributed by atoms with Gasteiger partial charge in [0.1, 0.15) is 0 Å². The average Bonchev–Trinajstić information content (AvgIpc) is 1.96. The maximum Gasteiger partial charge on any atom is 0.221 e. The topological polar surface area (TPSA) is 55.1 Å². The van der Waals surface area contributed by atoms with Gasteiger partial charge in [-0.05, 0) is 11.8 Å². The summed E-state index contributed by atoms with van der Waals surface area (Å²) >= 11 is 3.18. The number of carbonyl (C=O) groups is 1. The molecule has 0 aliphatic heterocycles. The summed E-state index contributed by atoms with van der Waals surface area (Å²) in [5.41, 5.74) is 6.04. The number of nitrogens with one attached hydrogen (secondary N) is 1. The molecular weight excluding hydrogens is 256 g/mol. The molecule has 88 valence electrons. The predicted molar refractivity (Wildman–Crippen MR) is 67.7 cm³/mol. The summed E-state index contributed by atoms with van der Waals surface area (Å²) in [6.45, 7) is 10.4. The third-order valence-electron chi connectivity index (χ3n) is 1.80. The van der Waals surface area contributed by atoms with Gasteiger partial charge in [0.15, 0.2) is 0 Å². The molecule has 0 aliphatic rings. The zero-order chi connectivity index (χ0) is 12.1. The second kappa shape index (κ2) is 6.28. The Kier molecular flexibility index (Phi) is 6.13. The van der Waals surface area contributed by atoms with E-state index in [9.17, 15) is 4.79 Å². The van der Waals surface area contributed by atoms with Gasteiger partial charge in [-0.25, -0.2) is 0 Å². The third-order valence-corrected chi connectivity index (χ3v) is 2.08. The second-order valence-electron chi connectivity index (χ2n) is 5.02. The van der Waals surface area contributed by atoms with Crippen LogP contribution >= 0.6 is 15.9 Å². The summed E-state index contributed by atoms with van der Waals surface area (Å²) in [4.78, 5) is 11.4. The predicted octanol–water partition coefficient (Wildman–Crippen LogP) is 2.16. The molecule has 0 fully saturated rings. The summed E-state index contributed by atoms with van der Waals surface area (Å²) in [5, 5.41) is 2.73. The molecule has 4 heteroatoms. The fourth-order valence-electron chi connectivity index (χ4n) is 1.36. The SMILES string of the molecule is C=C(Br)CNC(=O)CC(N)CC(C)(C)C. The summed E-state index contributed by atoms with van der Waals surface area (Å²) in [5.74, 6) is -0.0210. The molecule has 0 rings (SSSR count). The van der Waals surface area contributed by atoms with Crippen molar-refractivity contribution in [3.05, 3.63) is 11.1 Å². The van der Waals surface area contributed by atoms with Crippen LogP contribution in [0.1, 0.15) is 33.6 Å². The quantitative estimate of drug-likeness (QED) is 0.809. The van der Waals surface area contributed by atoms with E-state index in [1.807, 2.05) is 0 Å². The molecule has 3 nitrogen and oxygen atoms in total. The number of hydrogen-bond donors (Lipinski definition) is 2. The Morgan fingerprint density at radius 3 is 2.47 bits per heavy atom. The van der Waals surface area contributed by atoms with Crippen molar-refractivity contribution in [2.24, 2.45) is 11.1 Å². The van der Waals surface area contributed by atoms with E-state index in [0.717, 1.165) is 10.9 Å². The maximum atomic E-state index is 11.4. The Morgan fingerprint density at radius 2 is 2.07 bits per heavy atom. The molecule has 0 heterocycles. The maximum absolute atomic E-state index is 11.4. The van der Waals surface area contributed by atoms with E-state index in [-0.39, 0.29) is 17.4 Å². The first-order chi connectivity index (χ1) is 6.70. The van der Waals surface area contributed by atoms with Gasteiger partial charge in [0.05, 0.1) is 0 Å². The highest BCUT2D eigenvalue weighted by Gasteiger charge is 2.17. The second-order valence-corrected chi connectivity index (χ2v) is 6.14. The fraction of sp³-hybridized carbons (Fsp3) is 0.727. The average molecular weight is 277 g/mol. The lowest BCUT2D eigenvalue weighted by Gasteiger charge is -2.22. The molecule has 0 aromatic carbocycles. The van der Waals surface area contributed by atoms with Crippen molar-refractivity contribution in [2.75, 3.05) is 6.54 Å². The van der Waals surface area contributed by atoms with Crippen molar-refractivity contribution >= 4 is 21.8 Å². The number of rotatable bonds is 5. The fourth-order valence-corrected chi connectivity index (χ4v) is 1.50. The van der Waals surface area contributed by atoms with E-state index in [4.69, 9.17) is 5.73 Å². The Balaban J connectivity index is 3.81. The van der Waals surface area contributed by atoms with E-state index in [2.05, 4.69) is 48.6 Å². The van der Waals surface area contributed by atoms with Crippen LogP contribution in [0.25, 0.3) is 0 Å². The van der Waals surface area contributed by atoms with E-state index < -0.39 is 0 Å². The molecule has 0 spiro atoms. The van der Waals surface area contributed by atoms with Gasteiger partial charge in [-0.2, -0.15) is 0 Å². The molecular formula is C11H21BrN2O. The summed E-state index contributed by atoms with van der Waals surface area (Å²) in [6.07, 6.45) is 1.22. The van der Waals surface area contributed by atoms with Crippen LogP contribution in [-0.4, -0.2) is 18.5 Å². The lowest BCUT2D eigenvalue weighted by atomic mass is 9.87. The Labute approximate surface area is 101 Å². The molecule has 1 unspecified atom stereocenters. The lowest BCUT2D eigenvalue weighted by molar-refractivity contribution is -0.121. The Hall–Kier alpha value is -0.350. The molecule has 15 heavy (non-hydrogen) atoms. The van der Waals surface area contributed by atoms with Gasteiger partial charge in [-0.3, -0.25) is 4.79 Å². The lowest BCUT2D eigenvalue weighted by Crippen LogP contribution is -2.34. The highest BCUT2D eigenvalue weighted by atomic mass is 79.9. The van der Waals surface area contributed by atoms with Crippen LogP contribution in [0.4, 0.5) is 0 Å². The number of amides is 1. The first-order valence-corrected chi connectivity index (χ1v) is 5.85. The number of carbonyl (C=O) groups excluding carboxylic acids is 1. The molecule has 0 radical (unpaired) electrons. The van der Waals surface area contributed by atoms with E-state index in [0.29, 0.717) is 13.0 Å². The molecule has 1 amide bonds. The molecule has 0 bridgehead atoms. The molecule has 1 atom stereocenters. The largest absolute Gasteiger partial charge is 0.351 e. The zero-order valence-corrected chi connectivity index (χ0v) is 11.4. The third kappa shape index (κ3) is 9.94. The molecule has 0 aromatic rings. The first kappa shape index (κ1) is 14.6. The van der Waals surface area contributed by atoms with Crippen molar-refractivity contribution in [2.45, 2.75) is 39.7 Å². The number of nitrogens with two attached hydrogens (primary N) is 1. The first-order valence-electron chi connectivity index (χ1n) is 5.06. The zero-order valence-electron chi connectivity index (χ0n) is 9.77. The van der Waals surface area contributed by atoms with Gasteiger partial charge in [0.2, 0.25) is 5.91 Å². The van der Waals surface area contributed by atoms with Crippen LogP contribution in [0.5, 0.6) is 0 Å². The van der Waals surface area contributed by atoms with Crippen LogP contribution < -0.4 is 11.1 Å². The van der Waals surface area contributed by atoms with E-state index in [1.165, 1.54) is 0 Å². The van der Waals surface area contributed by atoms with Gasteiger partial charge < -0.3 is 11.1 Å². The molecule has 0 saturated heterocycles. The monoisotopic (exact) mass is 276 g/mol. The van der Waals surface area contributed by atoms with Crippen LogP contribution in [-0.2, 0) is 4.79 Å². The molecule has 0 aliphatic carbocycles. The van der Waals surface area contributed by atoms with Crippen molar-refractivity contribution < 1.29 is 4.79 Å². The number of halogens is 1. The van der Waals surface area contributed by atoms with E-state index in [1.54, 1.807) is 0 Å². The van der Waals surface area contributed by atoms with Crippen molar-refractivity contribution in [3.63, 3.8) is 0 Å². The number of hydrogen-bond acceptors (Lipinski definition) is 2. The summed E-state index contributed by atoms with van der Waals surface area (Å²) < 4.78 is 0.764. The van der Waals surface area contributed by atoms with Crippen molar-refractivity contribution in [1.82, 2.24) is 5.32 Å². The summed E-state index contributed by atoms with van der Waals surface area (Å²) in [7, 11) is 0. The smallest absolute Gasteiger partial charge is 0.221 e. The van der Waals surface area contributed by atoms with Crippen LogP contribution in [0.2, 0.25) is 0 Å². The minimum atomic E-state index is -0.0754. The minimum Gasteiger partial charge on any atom is -0.351 e. The van der Waals surface area contributed by atoms with E-state index >= 15 is 0 Å². The highest BCUT2D eigenvalue weighted by Crippen LogP contribution is 2.20. The van der Waals surface area contributed by atoms with Gasteiger partial charge in [0, 0.05) is 23.5 Å². The van der Waals surface area contributed by atoms with Crippen LogP contribution in [0.15, 0.2) is 11.1 Å². The van der Waals surface area contributed by atoms with Crippen molar-refractivity contribution in [3.8, 4) is 0 Å². The molecule has 0 saturated carbocycles. The normalized spacial score (nSPS) is 13.4. The summed E-state index contributed by atoms with van der Waals surface area (Å²) in [6, 6.07) is -0.0754. The standard InChI is InChI=1S/C11H21BrN2O/c1-8(12)7-14-10(15)5-9(13)6-11(2,3)4/h9H,1,5-7,13H2,2-4H3,(H,14,15). The minimum absolute atomic E-state index is 0.0210. The van der Waals surface area contributed by atoms with Crippen LogP contribution in [0.3, 0.4) is 0 Å². The molecule has 3 N–H and O–H groups in total. The Bertz CT molecular complexity index is 233.